The molecule has 0 spiro atoms. The van der Waals surface area contributed by atoms with Crippen LogP contribution in [0.4, 0.5) is 8.78 Å². The molecule has 0 fully saturated rings. The zero-order valence-electron chi connectivity index (χ0n) is 10.7. The van der Waals surface area contributed by atoms with E-state index in [1.54, 1.807) is 12.1 Å². The van der Waals surface area contributed by atoms with Crippen molar-refractivity contribution in [2.24, 2.45) is 0 Å². The Morgan fingerprint density at radius 1 is 1.05 bits per heavy atom. The minimum absolute atomic E-state index is 0.0495. The van der Waals surface area contributed by atoms with Gasteiger partial charge in [0.05, 0.1) is 6.10 Å². The van der Waals surface area contributed by atoms with Crippen LogP contribution in [0.2, 0.25) is 0 Å². The molecule has 0 aromatic heterocycles. The first-order chi connectivity index (χ1) is 8.97. The van der Waals surface area contributed by atoms with Gasteiger partial charge in [0.25, 0.3) is 0 Å². The van der Waals surface area contributed by atoms with E-state index in [-0.39, 0.29) is 17.1 Å². The maximum Gasteiger partial charge on any atom is 0.165 e. The molecule has 2 aromatic carbocycles. The SMILES string of the molecule is Cc1ccc(F)c(Oc2ccc(F)cc2[C@@H](C)O)c1. The monoisotopic (exact) mass is 264 g/mol. The van der Waals surface area contributed by atoms with Crippen LogP contribution in [0.1, 0.15) is 24.2 Å². The zero-order valence-corrected chi connectivity index (χ0v) is 10.7. The molecule has 0 amide bonds. The second-order valence-electron chi connectivity index (χ2n) is 4.39. The van der Waals surface area contributed by atoms with Crippen molar-refractivity contribution in [3.05, 3.63) is 59.2 Å². The summed E-state index contributed by atoms with van der Waals surface area (Å²) in [5, 5.41) is 9.59. The lowest BCUT2D eigenvalue weighted by molar-refractivity contribution is 0.195. The van der Waals surface area contributed by atoms with Gasteiger partial charge in [0.2, 0.25) is 0 Å². The van der Waals surface area contributed by atoms with Crippen LogP contribution in [-0.4, -0.2) is 5.11 Å². The van der Waals surface area contributed by atoms with Gasteiger partial charge in [-0.2, -0.15) is 0 Å². The average molecular weight is 264 g/mol. The van der Waals surface area contributed by atoms with Crippen LogP contribution in [0.5, 0.6) is 11.5 Å². The Bertz CT molecular complexity index is 595. The first kappa shape index (κ1) is 13.5. The number of rotatable bonds is 3. The van der Waals surface area contributed by atoms with Crippen molar-refractivity contribution in [3.8, 4) is 11.5 Å². The fourth-order valence-electron chi connectivity index (χ4n) is 1.75. The summed E-state index contributed by atoms with van der Waals surface area (Å²) in [6, 6.07) is 8.23. The number of aliphatic hydroxyl groups is 1. The van der Waals surface area contributed by atoms with Crippen LogP contribution in [0.3, 0.4) is 0 Å². The second-order valence-corrected chi connectivity index (χ2v) is 4.39. The quantitative estimate of drug-likeness (QED) is 0.903. The fraction of sp³-hybridized carbons (Fsp3) is 0.200. The predicted octanol–water partition coefficient (Wildman–Crippen LogP) is 4.12. The van der Waals surface area contributed by atoms with Crippen molar-refractivity contribution in [1.29, 1.82) is 0 Å². The van der Waals surface area contributed by atoms with Crippen molar-refractivity contribution in [2.75, 3.05) is 0 Å². The predicted molar refractivity (Wildman–Crippen MR) is 68.2 cm³/mol. The number of aliphatic hydroxyl groups excluding tert-OH is 1. The van der Waals surface area contributed by atoms with Crippen LogP contribution in [0, 0.1) is 18.6 Å². The maximum absolute atomic E-state index is 13.6. The van der Waals surface area contributed by atoms with Gasteiger partial charge < -0.3 is 9.84 Å². The summed E-state index contributed by atoms with van der Waals surface area (Å²) in [6.07, 6.45) is -0.904. The van der Waals surface area contributed by atoms with Gasteiger partial charge in [0, 0.05) is 5.56 Å². The molecule has 100 valence electrons. The third-order valence-electron chi connectivity index (χ3n) is 2.73. The van der Waals surface area contributed by atoms with Crippen LogP contribution >= 0.6 is 0 Å². The lowest BCUT2D eigenvalue weighted by Gasteiger charge is -2.14. The summed E-state index contributed by atoms with van der Waals surface area (Å²) >= 11 is 0. The molecule has 1 N–H and O–H groups in total. The average Bonchev–Trinajstić information content (AvgIpc) is 2.35. The number of ether oxygens (including phenoxy) is 1. The van der Waals surface area contributed by atoms with Gasteiger partial charge in [-0.25, -0.2) is 8.78 Å². The normalized spacial score (nSPS) is 12.3. The molecule has 2 aromatic rings. The van der Waals surface area contributed by atoms with E-state index < -0.39 is 17.7 Å². The summed E-state index contributed by atoms with van der Waals surface area (Å²) < 4.78 is 32.2. The minimum atomic E-state index is -0.904. The third kappa shape index (κ3) is 3.09. The Hall–Kier alpha value is -1.94. The van der Waals surface area contributed by atoms with E-state index in [0.29, 0.717) is 0 Å². The van der Waals surface area contributed by atoms with Crippen LogP contribution < -0.4 is 4.74 Å². The molecule has 0 saturated carbocycles. The molecule has 0 aliphatic carbocycles. The van der Waals surface area contributed by atoms with E-state index in [9.17, 15) is 13.9 Å². The highest BCUT2D eigenvalue weighted by Crippen LogP contribution is 2.31. The highest BCUT2D eigenvalue weighted by molar-refractivity contribution is 5.40. The van der Waals surface area contributed by atoms with E-state index in [0.717, 1.165) is 5.56 Å². The summed E-state index contributed by atoms with van der Waals surface area (Å²) in [5.74, 6) is -0.700. The van der Waals surface area contributed by atoms with Crippen molar-refractivity contribution in [3.63, 3.8) is 0 Å². The summed E-state index contributed by atoms with van der Waals surface area (Å²) in [5.41, 5.74) is 1.12. The second kappa shape index (κ2) is 5.36. The number of hydrogen-bond acceptors (Lipinski definition) is 2. The molecule has 4 heteroatoms. The number of halogens is 2. The van der Waals surface area contributed by atoms with Gasteiger partial charge in [-0.05, 0) is 49.7 Å². The van der Waals surface area contributed by atoms with Gasteiger partial charge in [-0.1, -0.05) is 6.07 Å². The highest BCUT2D eigenvalue weighted by atomic mass is 19.1. The lowest BCUT2D eigenvalue weighted by atomic mass is 10.1. The van der Waals surface area contributed by atoms with Gasteiger partial charge >= 0.3 is 0 Å². The molecule has 0 aliphatic heterocycles. The molecule has 2 rings (SSSR count). The molecular weight excluding hydrogens is 250 g/mol. The van der Waals surface area contributed by atoms with E-state index in [2.05, 4.69) is 0 Å². The van der Waals surface area contributed by atoms with Gasteiger partial charge in [0.15, 0.2) is 11.6 Å². The van der Waals surface area contributed by atoms with Crippen LogP contribution in [0.15, 0.2) is 36.4 Å². The molecule has 19 heavy (non-hydrogen) atoms. The Labute approximate surface area is 110 Å². The van der Waals surface area contributed by atoms with Gasteiger partial charge in [-0.3, -0.25) is 0 Å². The Kier molecular flexibility index (Phi) is 3.81. The molecule has 0 unspecified atom stereocenters. The molecular formula is C15H14F2O2. The van der Waals surface area contributed by atoms with Crippen molar-refractivity contribution in [1.82, 2.24) is 0 Å². The first-order valence-electron chi connectivity index (χ1n) is 5.89. The standard InChI is InChI=1S/C15H14F2O2/c1-9-3-5-13(17)15(7-9)19-14-6-4-11(16)8-12(14)10(2)18/h3-8,10,18H,1-2H3/t10-/m1/s1. The maximum atomic E-state index is 13.6. The Morgan fingerprint density at radius 3 is 2.47 bits per heavy atom. The Balaban J connectivity index is 2.40. The molecule has 0 saturated heterocycles. The fourth-order valence-corrected chi connectivity index (χ4v) is 1.75. The third-order valence-corrected chi connectivity index (χ3v) is 2.73. The van der Waals surface area contributed by atoms with Gasteiger partial charge in [-0.15, -0.1) is 0 Å². The first-order valence-corrected chi connectivity index (χ1v) is 5.89. The largest absolute Gasteiger partial charge is 0.454 e. The van der Waals surface area contributed by atoms with E-state index in [4.69, 9.17) is 4.74 Å². The van der Waals surface area contributed by atoms with E-state index >= 15 is 0 Å². The number of benzene rings is 2. The molecule has 1 atom stereocenters. The zero-order chi connectivity index (χ0) is 14.0. The van der Waals surface area contributed by atoms with Crippen molar-refractivity contribution >= 4 is 0 Å². The van der Waals surface area contributed by atoms with Gasteiger partial charge in [0.1, 0.15) is 11.6 Å². The van der Waals surface area contributed by atoms with Crippen LogP contribution in [-0.2, 0) is 0 Å². The number of aryl methyl sites for hydroxylation is 1. The lowest BCUT2D eigenvalue weighted by Crippen LogP contribution is -1.98. The summed E-state index contributed by atoms with van der Waals surface area (Å²) in [7, 11) is 0. The van der Waals surface area contributed by atoms with E-state index in [1.165, 1.54) is 31.2 Å². The molecule has 0 aliphatic rings. The molecule has 0 heterocycles. The summed E-state index contributed by atoms with van der Waals surface area (Å²) in [4.78, 5) is 0. The smallest absolute Gasteiger partial charge is 0.165 e. The van der Waals surface area contributed by atoms with Crippen molar-refractivity contribution < 1.29 is 18.6 Å². The highest BCUT2D eigenvalue weighted by Gasteiger charge is 2.13. The van der Waals surface area contributed by atoms with Crippen LogP contribution in [0.25, 0.3) is 0 Å². The van der Waals surface area contributed by atoms with Crippen molar-refractivity contribution in [2.45, 2.75) is 20.0 Å². The molecule has 2 nitrogen and oxygen atoms in total. The Morgan fingerprint density at radius 2 is 1.79 bits per heavy atom. The molecule has 0 bridgehead atoms. The number of hydrogen-bond donors (Lipinski definition) is 1. The molecule has 0 radical (unpaired) electrons. The summed E-state index contributed by atoms with van der Waals surface area (Å²) in [6.45, 7) is 3.31. The van der Waals surface area contributed by atoms with E-state index in [1.807, 2.05) is 6.92 Å². The topological polar surface area (TPSA) is 29.5 Å². The minimum Gasteiger partial charge on any atom is -0.454 e.